The minimum Gasteiger partial charge on any atom is -0.396 e. The molecule has 1 atom stereocenters. The number of hydrogen-bond donors (Lipinski definition) is 1. The highest BCUT2D eigenvalue weighted by Crippen LogP contribution is 2.20. The highest BCUT2D eigenvalue weighted by atomic mass is 32.2. The Morgan fingerprint density at radius 1 is 1.33 bits per heavy atom. The van der Waals surface area contributed by atoms with E-state index < -0.39 is 10.0 Å². The van der Waals surface area contributed by atoms with E-state index in [2.05, 4.69) is 0 Å². The van der Waals surface area contributed by atoms with Crippen LogP contribution in [0.4, 0.5) is 0 Å². The first-order valence-corrected chi connectivity index (χ1v) is 8.83. The molecular weight excluding hydrogens is 290 g/mol. The third kappa shape index (κ3) is 4.03. The van der Waals surface area contributed by atoms with Gasteiger partial charge in [0, 0.05) is 26.3 Å². The molecule has 0 bridgehead atoms. The summed E-state index contributed by atoms with van der Waals surface area (Å²) in [4.78, 5) is 0.295. The molecule has 1 unspecified atom stereocenters. The van der Waals surface area contributed by atoms with Gasteiger partial charge in [-0.05, 0) is 37.0 Å². The van der Waals surface area contributed by atoms with E-state index in [0.29, 0.717) is 24.4 Å². The Labute approximate surface area is 126 Å². The van der Waals surface area contributed by atoms with Gasteiger partial charge >= 0.3 is 0 Å². The van der Waals surface area contributed by atoms with Crippen molar-refractivity contribution in [2.24, 2.45) is 0 Å². The third-order valence-electron chi connectivity index (χ3n) is 3.75. The summed E-state index contributed by atoms with van der Waals surface area (Å²) >= 11 is 0. The number of ether oxygens (including phenoxy) is 1. The van der Waals surface area contributed by atoms with Crippen LogP contribution in [0.1, 0.15) is 25.3 Å². The molecule has 5 nitrogen and oxygen atoms in total. The molecule has 118 valence electrons. The minimum absolute atomic E-state index is 0.00777. The Hall–Kier alpha value is -0.950. The molecule has 1 aromatic rings. The number of likely N-dealkylation sites (N-methyl/N-ethyl adjacent to an activating group) is 1. The van der Waals surface area contributed by atoms with Gasteiger partial charge < -0.3 is 9.84 Å². The van der Waals surface area contributed by atoms with Gasteiger partial charge in [0.25, 0.3) is 0 Å². The maximum Gasteiger partial charge on any atom is 0.243 e. The Balaban J connectivity index is 2.13. The van der Waals surface area contributed by atoms with Crippen LogP contribution < -0.4 is 0 Å². The van der Waals surface area contributed by atoms with Gasteiger partial charge in [0.15, 0.2) is 0 Å². The summed E-state index contributed by atoms with van der Waals surface area (Å²) in [6, 6.07) is 6.73. The van der Waals surface area contributed by atoms with Gasteiger partial charge in [-0.1, -0.05) is 19.1 Å². The van der Waals surface area contributed by atoms with Crippen molar-refractivity contribution in [3.8, 4) is 0 Å². The number of aliphatic hydroxyl groups excluding tert-OH is 1. The molecule has 1 aliphatic heterocycles. The zero-order chi connectivity index (χ0) is 15.3. The molecule has 1 N–H and O–H groups in total. The molecule has 0 radical (unpaired) electrons. The summed E-state index contributed by atoms with van der Waals surface area (Å²) in [7, 11) is -3.48. The molecule has 21 heavy (non-hydrogen) atoms. The first-order valence-electron chi connectivity index (χ1n) is 7.39. The highest BCUT2D eigenvalue weighted by molar-refractivity contribution is 7.89. The lowest BCUT2D eigenvalue weighted by Crippen LogP contribution is -2.37. The van der Waals surface area contributed by atoms with E-state index in [9.17, 15) is 8.42 Å². The second-order valence-corrected chi connectivity index (χ2v) is 7.15. The molecule has 1 saturated heterocycles. The molecular formula is C15H23NO4S. The van der Waals surface area contributed by atoms with Gasteiger partial charge in [0.1, 0.15) is 0 Å². The van der Waals surface area contributed by atoms with Crippen LogP contribution in [0.2, 0.25) is 0 Å². The molecule has 0 amide bonds. The predicted octanol–water partition coefficient (Wildman–Crippen LogP) is 1.41. The largest absolute Gasteiger partial charge is 0.396 e. The molecule has 2 rings (SSSR count). The lowest BCUT2D eigenvalue weighted by atomic mass is 10.2. The predicted molar refractivity (Wildman–Crippen MR) is 80.6 cm³/mol. The van der Waals surface area contributed by atoms with Crippen LogP contribution in [0.25, 0.3) is 0 Å². The molecule has 1 heterocycles. The Morgan fingerprint density at radius 2 is 2.05 bits per heavy atom. The van der Waals surface area contributed by atoms with Gasteiger partial charge in [-0.25, -0.2) is 8.42 Å². The van der Waals surface area contributed by atoms with E-state index in [-0.39, 0.29) is 12.7 Å². The van der Waals surface area contributed by atoms with Crippen LogP contribution >= 0.6 is 0 Å². The van der Waals surface area contributed by atoms with Gasteiger partial charge in [-0.15, -0.1) is 0 Å². The van der Waals surface area contributed by atoms with Crippen molar-refractivity contribution in [3.05, 3.63) is 29.8 Å². The van der Waals surface area contributed by atoms with Crippen LogP contribution in [0.5, 0.6) is 0 Å². The second kappa shape index (κ2) is 7.35. The van der Waals surface area contributed by atoms with Gasteiger partial charge in [0.05, 0.1) is 11.0 Å². The fourth-order valence-corrected chi connectivity index (χ4v) is 4.00. The summed E-state index contributed by atoms with van der Waals surface area (Å²) < 4.78 is 32.3. The first-order chi connectivity index (χ1) is 10.1. The monoisotopic (exact) mass is 313 g/mol. The quantitative estimate of drug-likeness (QED) is 0.826. The Morgan fingerprint density at radius 3 is 2.57 bits per heavy atom. The molecule has 1 fully saturated rings. The summed E-state index contributed by atoms with van der Waals surface area (Å²) in [6.45, 7) is 3.47. The van der Waals surface area contributed by atoms with Crippen molar-refractivity contribution in [1.82, 2.24) is 4.31 Å². The van der Waals surface area contributed by atoms with Crippen LogP contribution in [0.3, 0.4) is 0 Å². The topological polar surface area (TPSA) is 66.8 Å². The first kappa shape index (κ1) is 16.4. The Kier molecular flexibility index (Phi) is 5.75. The molecule has 6 heteroatoms. The van der Waals surface area contributed by atoms with E-state index >= 15 is 0 Å². The van der Waals surface area contributed by atoms with Crippen LogP contribution in [0.15, 0.2) is 29.2 Å². The van der Waals surface area contributed by atoms with Crippen LogP contribution in [-0.4, -0.2) is 50.2 Å². The van der Waals surface area contributed by atoms with Crippen molar-refractivity contribution in [3.63, 3.8) is 0 Å². The van der Waals surface area contributed by atoms with E-state index in [1.807, 2.05) is 6.92 Å². The lowest BCUT2D eigenvalue weighted by Gasteiger charge is -2.23. The molecule has 0 saturated carbocycles. The summed E-state index contributed by atoms with van der Waals surface area (Å²) in [5.41, 5.74) is 0.929. The summed E-state index contributed by atoms with van der Waals surface area (Å²) in [5.74, 6) is 0. The maximum absolute atomic E-state index is 12.6. The average molecular weight is 313 g/mol. The van der Waals surface area contributed by atoms with E-state index in [4.69, 9.17) is 9.84 Å². The van der Waals surface area contributed by atoms with Crippen LogP contribution in [0, 0.1) is 0 Å². The second-order valence-electron chi connectivity index (χ2n) is 5.21. The molecule has 1 aliphatic rings. The van der Waals surface area contributed by atoms with Gasteiger partial charge in [0.2, 0.25) is 10.0 Å². The zero-order valence-electron chi connectivity index (χ0n) is 12.4. The van der Waals surface area contributed by atoms with Crippen molar-refractivity contribution < 1.29 is 18.3 Å². The van der Waals surface area contributed by atoms with Crippen molar-refractivity contribution in [2.45, 2.75) is 37.2 Å². The smallest absolute Gasteiger partial charge is 0.243 e. The van der Waals surface area contributed by atoms with Crippen molar-refractivity contribution in [2.75, 3.05) is 26.3 Å². The van der Waals surface area contributed by atoms with E-state index in [0.717, 1.165) is 25.0 Å². The fraction of sp³-hybridized carbons (Fsp3) is 0.600. The van der Waals surface area contributed by atoms with Crippen molar-refractivity contribution in [1.29, 1.82) is 0 Å². The number of sulfonamides is 1. The normalized spacial score (nSPS) is 19.3. The molecule has 0 spiro atoms. The number of aliphatic hydroxyl groups is 1. The summed E-state index contributed by atoms with van der Waals surface area (Å²) in [6.07, 6.45) is 2.46. The minimum atomic E-state index is -3.48. The zero-order valence-corrected chi connectivity index (χ0v) is 13.2. The molecule has 1 aromatic carbocycles. The summed E-state index contributed by atoms with van der Waals surface area (Å²) in [5, 5.41) is 8.89. The number of hydrogen-bond acceptors (Lipinski definition) is 4. The maximum atomic E-state index is 12.6. The average Bonchev–Trinajstić information content (AvgIpc) is 2.98. The fourth-order valence-electron chi connectivity index (χ4n) is 2.52. The Bertz CT molecular complexity index is 535. The molecule has 0 aliphatic carbocycles. The van der Waals surface area contributed by atoms with E-state index in [1.54, 1.807) is 24.3 Å². The number of benzene rings is 1. The number of rotatable bonds is 7. The highest BCUT2D eigenvalue weighted by Gasteiger charge is 2.27. The van der Waals surface area contributed by atoms with Gasteiger partial charge in [-0.3, -0.25) is 0 Å². The SMILES string of the molecule is CCN(CC1CCCO1)S(=O)(=O)c1ccc(CCO)cc1. The molecule has 0 aromatic heterocycles. The standard InChI is InChI=1S/C15H23NO4S/c1-2-16(12-14-4-3-11-20-14)21(18,19)15-7-5-13(6-8-15)9-10-17/h5-8,14,17H,2-4,9-12H2,1H3. The van der Waals surface area contributed by atoms with Gasteiger partial charge in [-0.2, -0.15) is 4.31 Å². The van der Waals surface area contributed by atoms with Crippen molar-refractivity contribution >= 4 is 10.0 Å². The van der Waals surface area contributed by atoms with Crippen LogP contribution in [-0.2, 0) is 21.2 Å². The third-order valence-corrected chi connectivity index (χ3v) is 5.70. The van der Waals surface area contributed by atoms with E-state index in [1.165, 1.54) is 4.31 Å². The lowest BCUT2D eigenvalue weighted by molar-refractivity contribution is 0.0947. The number of nitrogens with zero attached hydrogens (tertiary/aromatic N) is 1.